The molecule has 0 bridgehead atoms. The van der Waals surface area contributed by atoms with Gasteiger partial charge in [0.05, 0.1) is 13.2 Å². The van der Waals surface area contributed by atoms with Crippen LogP contribution in [-0.2, 0) is 9.47 Å². The van der Waals surface area contributed by atoms with E-state index in [-0.39, 0.29) is 32.2 Å². The van der Waals surface area contributed by atoms with Gasteiger partial charge >= 0.3 is 10.2 Å². The Balaban J connectivity index is 3.31. The SMILES string of the molecule is COCCOc1ccc(OCCOC)c(S(F)(F)(F)(F)F)c1C. The van der Waals surface area contributed by atoms with E-state index in [0.717, 1.165) is 19.1 Å². The molecule has 4 nitrogen and oxygen atoms in total. The number of hydrogen-bond acceptors (Lipinski definition) is 4. The number of ether oxygens (including phenoxy) is 4. The first-order valence-corrected chi connectivity index (χ1v) is 8.47. The highest BCUT2D eigenvalue weighted by molar-refractivity contribution is 8.45. The molecule has 0 heterocycles. The van der Waals surface area contributed by atoms with Crippen molar-refractivity contribution < 1.29 is 38.4 Å². The van der Waals surface area contributed by atoms with Gasteiger partial charge in [0.2, 0.25) is 0 Å². The first kappa shape index (κ1) is 19.8. The molecule has 0 radical (unpaired) electrons. The lowest BCUT2D eigenvalue weighted by Gasteiger charge is -2.42. The number of rotatable bonds is 9. The molecule has 0 amide bonds. The molecule has 0 unspecified atom stereocenters. The van der Waals surface area contributed by atoms with Gasteiger partial charge in [-0.2, -0.15) is 0 Å². The zero-order valence-electron chi connectivity index (χ0n) is 12.9. The molecule has 0 saturated heterocycles. The quantitative estimate of drug-likeness (QED) is 0.469. The monoisotopic (exact) mass is 366 g/mol. The van der Waals surface area contributed by atoms with Gasteiger partial charge in [-0.15, -0.1) is 0 Å². The third kappa shape index (κ3) is 5.70. The van der Waals surface area contributed by atoms with Crippen molar-refractivity contribution in [2.24, 2.45) is 0 Å². The van der Waals surface area contributed by atoms with Crippen LogP contribution >= 0.6 is 10.2 Å². The van der Waals surface area contributed by atoms with Crippen LogP contribution in [0.2, 0.25) is 0 Å². The molecule has 1 rings (SSSR count). The fourth-order valence-electron chi connectivity index (χ4n) is 1.87. The smallest absolute Gasteiger partial charge is 0.314 e. The third-order valence-electron chi connectivity index (χ3n) is 2.80. The molecule has 0 N–H and O–H groups in total. The van der Waals surface area contributed by atoms with E-state index in [1.165, 1.54) is 14.2 Å². The van der Waals surface area contributed by atoms with E-state index in [4.69, 9.17) is 14.2 Å². The van der Waals surface area contributed by atoms with E-state index in [0.29, 0.717) is 0 Å². The first-order chi connectivity index (χ1) is 10.4. The van der Waals surface area contributed by atoms with Crippen LogP contribution in [-0.4, -0.2) is 40.6 Å². The summed E-state index contributed by atoms with van der Waals surface area (Å²) in [5.74, 6) is -1.25. The predicted octanol–water partition coefficient (Wildman–Crippen LogP) is 4.70. The maximum atomic E-state index is 13.4. The Hall–Kier alpha value is -1.26. The molecule has 0 aliphatic heterocycles. The average molecular weight is 366 g/mol. The second-order valence-electron chi connectivity index (χ2n) is 4.67. The van der Waals surface area contributed by atoms with Gasteiger partial charge in [-0.3, -0.25) is 0 Å². The largest absolute Gasteiger partial charge is 0.491 e. The number of benzene rings is 1. The van der Waals surface area contributed by atoms with E-state index in [1.54, 1.807) is 0 Å². The van der Waals surface area contributed by atoms with E-state index < -0.39 is 26.4 Å². The Morgan fingerprint density at radius 2 is 1.22 bits per heavy atom. The summed E-state index contributed by atoms with van der Waals surface area (Å²) in [6.45, 7) is 0.627. The fraction of sp³-hybridized carbons (Fsp3) is 0.538. The Morgan fingerprint density at radius 3 is 1.65 bits per heavy atom. The van der Waals surface area contributed by atoms with Crippen LogP contribution in [0.25, 0.3) is 0 Å². The van der Waals surface area contributed by atoms with Crippen molar-refractivity contribution in [3.05, 3.63) is 17.7 Å². The molecule has 0 atom stereocenters. The Morgan fingerprint density at radius 1 is 0.783 bits per heavy atom. The van der Waals surface area contributed by atoms with Crippen LogP contribution in [0, 0.1) is 6.92 Å². The van der Waals surface area contributed by atoms with Gasteiger partial charge in [0, 0.05) is 19.8 Å². The van der Waals surface area contributed by atoms with E-state index in [2.05, 4.69) is 4.74 Å². The van der Waals surface area contributed by atoms with Crippen LogP contribution in [0.4, 0.5) is 19.4 Å². The molecule has 0 aliphatic rings. The summed E-state index contributed by atoms with van der Waals surface area (Å²) in [6, 6.07) is 1.97. The minimum absolute atomic E-state index is 0.0368. The first-order valence-electron chi connectivity index (χ1n) is 6.52. The van der Waals surface area contributed by atoms with Crippen molar-refractivity contribution in [1.82, 2.24) is 0 Å². The lowest BCUT2D eigenvalue weighted by Crippen LogP contribution is -2.14. The highest BCUT2D eigenvalue weighted by Gasteiger charge is 2.68. The van der Waals surface area contributed by atoms with Crippen molar-refractivity contribution in [3.8, 4) is 11.5 Å². The van der Waals surface area contributed by atoms with Gasteiger partial charge in [0.15, 0.2) is 4.90 Å². The third-order valence-corrected chi connectivity index (χ3v) is 4.07. The molecule has 0 fully saturated rings. The maximum Gasteiger partial charge on any atom is 0.314 e. The minimum Gasteiger partial charge on any atom is -0.491 e. The average Bonchev–Trinajstić information content (AvgIpc) is 2.38. The van der Waals surface area contributed by atoms with Crippen LogP contribution in [0.3, 0.4) is 0 Å². The van der Waals surface area contributed by atoms with E-state index in [1.807, 2.05) is 0 Å². The summed E-state index contributed by atoms with van der Waals surface area (Å²) in [5, 5.41) is 0. The molecule has 23 heavy (non-hydrogen) atoms. The minimum atomic E-state index is -9.96. The van der Waals surface area contributed by atoms with Crippen LogP contribution in [0.15, 0.2) is 17.0 Å². The van der Waals surface area contributed by atoms with Gasteiger partial charge in [0.25, 0.3) is 0 Å². The summed E-state index contributed by atoms with van der Waals surface area (Å²) >= 11 is 0. The van der Waals surface area contributed by atoms with Crippen LogP contribution in [0.5, 0.6) is 11.5 Å². The molecule has 1 aromatic rings. The molecule has 0 spiro atoms. The van der Waals surface area contributed by atoms with Crippen molar-refractivity contribution in [1.29, 1.82) is 0 Å². The zero-order valence-corrected chi connectivity index (χ0v) is 13.7. The van der Waals surface area contributed by atoms with Crippen LogP contribution in [0.1, 0.15) is 5.56 Å². The predicted molar refractivity (Wildman–Crippen MR) is 77.3 cm³/mol. The standard InChI is InChI=1S/C13H19F5O4S/c1-10-11(21-8-6-19-2)4-5-12(22-9-7-20-3)13(10)23(14,15,16,17)18/h4-5H,6-9H2,1-3H3. The molecule has 10 heteroatoms. The van der Waals surface area contributed by atoms with Crippen molar-refractivity contribution in [2.75, 3.05) is 40.6 Å². The normalized spacial score (nSPS) is 15.0. The molecule has 0 aliphatic carbocycles. The zero-order chi connectivity index (χ0) is 17.8. The summed E-state index contributed by atoms with van der Waals surface area (Å²) in [6.07, 6.45) is 0. The Kier molecular flexibility index (Phi) is 5.44. The second kappa shape index (κ2) is 6.33. The maximum absolute atomic E-state index is 13.4. The topological polar surface area (TPSA) is 36.9 Å². The van der Waals surface area contributed by atoms with Gasteiger partial charge in [-0.1, -0.05) is 19.4 Å². The number of methoxy groups -OCH3 is 2. The summed E-state index contributed by atoms with van der Waals surface area (Å²) in [7, 11) is -7.27. The lowest BCUT2D eigenvalue weighted by molar-refractivity contribution is 0.141. The summed E-state index contributed by atoms with van der Waals surface area (Å²) in [4.78, 5) is -2.07. The van der Waals surface area contributed by atoms with Crippen molar-refractivity contribution in [2.45, 2.75) is 11.8 Å². The molecule has 0 saturated carbocycles. The van der Waals surface area contributed by atoms with Gasteiger partial charge < -0.3 is 18.9 Å². The highest BCUT2D eigenvalue weighted by atomic mass is 32.5. The van der Waals surface area contributed by atoms with E-state index in [9.17, 15) is 19.4 Å². The molecule has 136 valence electrons. The van der Waals surface area contributed by atoms with Crippen molar-refractivity contribution in [3.63, 3.8) is 0 Å². The van der Waals surface area contributed by atoms with Gasteiger partial charge in [0.1, 0.15) is 24.7 Å². The van der Waals surface area contributed by atoms with Gasteiger partial charge in [-0.25, -0.2) is 0 Å². The Labute approximate surface area is 131 Å². The number of hydrogen-bond donors (Lipinski definition) is 0. The summed E-state index contributed by atoms with van der Waals surface area (Å²) < 4.78 is 86.0. The highest BCUT2D eigenvalue weighted by Crippen LogP contribution is 3.03. The number of halogens is 5. The molecule has 0 aromatic heterocycles. The summed E-state index contributed by atoms with van der Waals surface area (Å²) in [5.41, 5.74) is -0.727. The second-order valence-corrected chi connectivity index (χ2v) is 7.01. The van der Waals surface area contributed by atoms with Crippen LogP contribution < -0.4 is 9.47 Å². The van der Waals surface area contributed by atoms with E-state index >= 15 is 0 Å². The lowest BCUT2D eigenvalue weighted by atomic mass is 10.2. The molecular formula is C13H19F5O4S. The van der Waals surface area contributed by atoms with Gasteiger partial charge in [-0.05, 0) is 19.1 Å². The Bertz CT molecular complexity index is 547. The fourth-order valence-corrected chi connectivity index (χ4v) is 3.05. The molecular weight excluding hydrogens is 347 g/mol. The van der Waals surface area contributed by atoms with Crippen molar-refractivity contribution >= 4 is 10.2 Å². The molecule has 1 aromatic carbocycles.